The average molecular weight is 396 g/mol. The summed E-state index contributed by atoms with van der Waals surface area (Å²) >= 11 is 0. The lowest BCUT2D eigenvalue weighted by Crippen LogP contribution is -2.45. The summed E-state index contributed by atoms with van der Waals surface area (Å²) in [6.45, 7) is 3.80. The third kappa shape index (κ3) is 4.59. The Balaban J connectivity index is 1.84. The molecule has 0 aromatic heterocycles. The van der Waals surface area contributed by atoms with Gasteiger partial charge in [-0.15, -0.1) is 0 Å². The summed E-state index contributed by atoms with van der Waals surface area (Å²) in [6.07, 6.45) is 1.59. The Hall–Kier alpha value is -2.86. The zero-order chi connectivity index (χ0) is 20.9. The van der Waals surface area contributed by atoms with E-state index in [2.05, 4.69) is 23.6 Å². The van der Waals surface area contributed by atoms with Crippen LogP contribution in [0.4, 0.5) is 0 Å². The molecule has 154 valence electrons. The monoisotopic (exact) mass is 396 g/mol. The maximum absolute atomic E-state index is 12.8. The summed E-state index contributed by atoms with van der Waals surface area (Å²) in [6, 6.07) is 12.9. The lowest BCUT2D eigenvalue weighted by atomic mass is 9.73. The highest BCUT2D eigenvalue weighted by atomic mass is 16.5. The van der Waals surface area contributed by atoms with Crippen molar-refractivity contribution in [2.45, 2.75) is 25.2 Å². The molecule has 0 bridgehead atoms. The number of ether oxygens (including phenoxy) is 2. The molecule has 3 rings (SSSR count). The number of hydrogen-bond donors (Lipinski definition) is 2. The number of amides is 2. The molecule has 0 atom stereocenters. The summed E-state index contributed by atoms with van der Waals surface area (Å²) in [5, 5.41) is 5.66. The van der Waals surface area contributed by atoms with Crippen LogP contribution in [0.1, 0.15) is 44.7 Å². The van der Waals surface area contributed by atoms with Crippen LogP contribution in [0, 0.1) is 6.92 Å². The van der Waals surface area contributed by atoms with Crippen LogP contribution in [0.3, 0.4) is 0 Å². The van der Waals surface area contributed by atoms with Gasteiger partial charge in [0, 0.05) is 48.9 Å². The molecule has 29 heavy (non-hydrogen) atoms. The maximum Gasteiger partial charge on any atom is 0.251 e. The average Bonchev–Trinajstić information content (AvgIpc) is 2.77. The number of hydrogen-bond acceptors (Lipinski definition) is 4. The Labute approximate surface area is 171 Å². The molecular formula is C23H28N2O4. The van der Waals surface area contributed by atoms with Crippen molar-refractivity contribution in [3.8, 4) is 5.75 Å². The molecule has 0 saturated carbocycles. The van der Waals surface area contributed by atoms with Crippen molar-refractivity contribution in [2.75, 3.05) is 33.9 Å². The highest BCUT2D eigenvalue weighted by Crippen LogP contribution is 2.40. The van der Waals surface area contributed by atoms with Crippen LogP contribution in [-0.2, 0) is 10.2 Å². The van der Waals surface area contributed by atoms with Crippen molar-refractivity contribution in [1.29, 1.82) is 0 Å². The molecule has 1 saturated heterocycles. The molecular weight excluding hydrogens is 368 g/mol. The first-order chi connectivity index (χ1) is 14.0. The number of nitrogens with one attached hydrogen (secondary N) is 2. The van der Waals surface area contributed by atoms with E-state index in [0.717, 1.165) is 29.7 Å². The Kier molecular flexibility index (Phi) is 6.54. The van der Waals surface area contributed by atoms with Gasteiger partial charge < -0.3 is 20.1 Å². The second-order valence-electron chi connectivity index (χ2n) is 7.44. The van der Waals surface area contributed by atoms with E-state index in [1.165, 1.54) is 0 Å². The van der Waals surface area contributed by atoms with Gasteiger partial charge in [0.2, 0.25) is 0 Å². The lowest BCUT2D eigenvalue weighted by Gasteiger charge is -2.38. The number of rotatable bonds is 6. The summed E-state index contributed by atoms with van der Waals surface area (Å²) in [5.41, 5.74) is 2.91. The number of carbonyl (C=O) groups is 2. The Morgan fingerprint density at radius 1 is 1.07 bits per heavy atom. The predicted molar refractivity (Wildman–Crippen MR) is 112 cm³/mol. The predicted octanol–water partition coefficient (Wildman–Crippen LogP) is 2.84. The number of methoxy groups -OCH3 is 1. The maximum atomic E-state index is 12.8. The molecule has 0 spiro atoms. The number of benzene rings is 2. The zero-order valence-corrected chi connectivity index (χ0v) is 17.2. The van der Waals surface area contributed by atoms with Crippen LogP contribution < -0.4 is 15.4 Å². The molecule has 2 aromatic carbocycles. The van der Waals surface area contributed by atoms with Crippen LogP contribution in [0.25, 0.3) is 0 Å². The van der Waals surface area contributed by atoms with E-state index in [1.807, 2.05) is 12.1 Å². The van der Waals surface area contributed by atoms with Gasteiger partial charge in [-0.25, -0.2) is 0 Å². The molecule has 0 unspecified atom stereocenters. The van der Waals surface area contributed by atoms with Crippen LogP contribution in [0.2, 0.25) is 0 Å². The fraction of sp³-hybridized carbons (Fsp3) is 0.391. The molecule has 1 fully saturated rings. The first-order valence-electron chi connectivity index (χ1n) is 9.82. The molecule has 1 heterocycles. The van der Waals surface area contributed by atoms with Gasteiger partial charge in [-0.05, 0) is 44.0 Å². The van der Waals surface area contributed by atoms with Crippen LogP contribution in [0.15, 0.2) is 42.5 Å². The minimum absolute atomic E-state index is 0.201. The van der Waals surface area contributed by atoms with Crippen LogP contribution in [-0.4, -0.2) is 45.7 Å². The second-order valence-corrected chi connectivity index (χ2v) is 7.44. The minimum atomic E-state index is -0.260. The SMILES string of the molecule is CNC(=O)c1cccc(C(=O)NCC2(c3cc(C)ccc3OC)CCOCC2)c1. The second kappa shape index (κ2) is 9.09. The topological polar surface area (TPSA) is 76.7 Å². The smallest absolute Gasteiger partial charge is 0.251 e. The van der Waals surface area contributed by atoms with Gasteiger partial charge in [-0.3, -0.25) is 9.59 Å². The zero-order valence-electron chi connectivity index (χ0n) is 17.2. The van der Waals surface area contributed by atoms with Gasteiger partial charge in [0.05, 0.1) is 7.11 Å². The fourth-order valence-electron chi connectivity index (χ4n) is 3.84. The molecule has 0 radical (unpaired) electrons. The van der Waals surface area contributed by atoms with Gasteiger partial charge in [0.25, 0.3) is 11.8 Å². The normalized spacial score (nSPS) is 15.4. The van der Waals surface area contributed by atoms with Crippen LogP contribution >= 0.6 is 0 Å². The first kappa shape index (κ1) is 20.9. The third-order valence-electron chi connectivity index (χ3n) is 5.58. The Morgan fingerprint density at radius 3 is 2.41 bits per heavy atom. The van der Waals surface area contributed by atoms with E-state index >= 15 is 0 Å². The molecule has 2 N–H and O–H groups in total. The first-order valence-corrected chi connectivity index (χ1v) is 9.82. The van der Waals surface area contributed by atoms with E-state index in [0.29, 0.717) is 30.9 Å². The Morgan fingerprint density at radius 2 is 1.76 bits per heavy atom. The van der Waals surface area contributed by atoms with E-state index in [1.54, 1.807) is 38.4 Å². The van der Waals surface area contributed by atoms with E-state index in [-0.39, 0.29) is 17.2 Å². The van der Waals surface area contributed by atoms with Gasteiger partial charge in [-0.2, -0.15) is 0 Å². The van der Waals surface area contributed by atoms with Crippen molar-refractivity contribution in [2.24, 2.45) is 0 Å². The molecule has 2 aromatic rings. The van der Waals surface area contributed by atoms with Gasteiger partial charge >= 0.3 is 0 Å². The molecule has 1 aliphatic heterocycles. The highest BCUT2D eigenvalue weighted by Gasteiger charge is 2.37. The third-order valence-corrected chi connectivity index (χ3v) is 5.58. The van der Waals surface area contributed by atoms with Crippen molar-refractivity contribution in [3.05, 3.63) is 64.7 Å². The largest absolute Gasteiger partial charge is 0.496 e. The Bertz CT molecular complexity index is 888. The fourth-order valence-corrected chi connectivity index (χ4v) is 3.84. The minimum Gasteiger partial charge on any atom is -0.496 e. The van der Waals surface area contributed by atoms with Crippen molar-refractivity contribution < 1.29 is 19.1 Å². The van der Waals surface area contributed by atoms with Gasteiger partial charge in [-0.1, -0.05) is 23.8 Å². The van der Waals surface area contributed by atoms with Gasteiger partial charge in [0.15, 0.2) is 0 Å². The molecule has 2 amide bonds. The van der Waals surface area contributed by atoms with E-state index in [9.17, 15) is 9.59 Å². The molecule has 6 nitrogen and oxygen atoms in total. The summed E-state index contributed by atoms with van der Waals surface area (Å²) < 4.78 is 11.2. The summed E-state index contributed by atoms with van der Waals surface area (Å²) in [4.78, 5) is 24.7. The molecule has 0 aliphatic carbocycles. The van der Waals surface area contributed by atoms with Crippen LogP contribution in [0.5, 0.6) is 5.75 Å². The lowest BCUT2D eigenvalue weighted by molar-refractivity contribution is 0.0479. The van der Waals surface area contributed by atoms with Gasteiger partial charge in [0.1, 0.15) is 5.75 Å². The van der Waals surface area contributed by atoms with Crippen molar-refractivity contribution in [1.82, 2.24) is 10.6 Å². The molecule has 6 heteroatoms. The molecule has 1 aliphatic rings. The van der Waals surface area contributed by atoms with Crippen molar-refractivity contribution in [3.63, 3.8) is 0 Å². The number of aryl methyl sites for hydroxylation is 1. The summed E-state index contributed by atoms with van der Waals surface area (Å²) in [7, 11) is 3.24. The summed E-state index contributed by atoms with van der Waals surface area (Å²) in [5.74, 6) is 0.409. The highest BCUT2D eigenvalue weighted by molar-refractivity contribution is 5.99. The number of carbonyl (C=O) groups excluding carboxylic acids is 2. The van der Waals surface area contributed by atoms with Crippen molar-refractivity contribution >= 4 is 11.8 Å². The van der Waals surface area contributed by atoms with E-state index in [4.69, 9.17) is 9.47 Å². The standard InChI is InChI=1S/C23H28N2O4/c1-16-7-8-20(28-3)19(13-16)23(9-11-29-12-10-23)15-25-22(27)18-6-4-5-17(14-18)21(26)24-2/h4-8,13-14H,9-12,15H2,1-3H3,(H,24,26)(H,25,27). The quantitative estimate of drug-likeness (QED) is 0.787. The van der Waals surface area contributed by atoms with E-state index < -0.39 is 0 Å².